The number of nitrogens with one attached hydrogen (secondary N) is 1. The fraction of sp³-hybridized carbons (Fsp3) is 0.409. The van der Waals surface area contributed by atoms with E-state index >= 15 is 0 Å². The maximum atomic E-state index is 12.9. The van der Waals surface area contributed by atoms with Crippen molar-refractivity contribution < 1.29 is 9.59 Å². The standard InChI is InChI=1S/C22H25Cl2N7O2S/c1-13-20(21(33)30-8-6-29(3)7-9-30)34-22(25-13)26-19(32)11-18-14(2)31(28-27-18)12-15-4-5-16(23)17(24)10-15/h4-5,10H,6-9,11-12H2,1-3H3,(H,25,26,32). The summed E-state index contributed by atoms with van der Waals surface area (Å²) in [7, 11) is 2.04. The Labute approximate surface area is 211 Å². The fourth-order valence-corrected chi connectivity index (χ4v) is 4.91. The molecule has 3 heterocycles. The van der Waals surface area contributed by atoms with Gasteiger partial charge in [0.15, 0.2) is 5.13 Å². The molecular weight excluding hydrogens is 497 g/mol. The number of amides is 2. The Morgan fingerprint density at radius 2 is 1.85 bits per heavy atom. The topological polar surface area (TPSA) is 96.2 Å². The van der Waals surface area contributed by atoms with Gasteiger partial charge in [-0.2, -0.15) is 0 Å². The van der Waals surface area contributed by atoms with E-state index in [1.54, 1.807) is 23.7 Å². The third-order valence-corrected chi connectivity index (χ3v) is 7.55. The van der Waals surface area contributed by atoms with Crippen molar-refractivity contribution in [1.82, 2.24) is 29.8 Å². The van der Waals surface area contributed by atoms with Gasteiger partial charge >= 0.3 is 0 Å². The molecule has 0 radical (unpaired) electrons. The SMILES string of the molecule is Cc1nc(NC(=O)Cc2nnn(Cc3ccc(Cl)c(Cl)c3)c2C)sc1C(=O)N1CCN(C)CC1. The second kappa shape index (κ2) is 10.4. The summed E-state index contributed by atoms with van der Waals surface area (Å²) in [5.41, 5.74) is 2.89. The molecule has 2 amide bonds. The molecule has 34 heavy (non-hydrogen) atoms. The summed E-state index contributed by atoms with van der Waals surface area (Å²) in [5.74, 6) is -0.304. The van der Waals surface area contributed by atoms with Crippen LogP contribution in [0.5, 0.6) is 0 Å². The minimum Gasteiger partial charge on any atom is -0.335 e. The van der Waals surface area contributed by atoms with E-state index < -0.39 is 0 Å². The highest BCUT2D eigenvalue weighted by atomic mass is 35.5. The predicted molar refractivity (Wildman–Crippen MR) is 133 cm³/mol. The van der Waals surface area contributed by atoms with Crippen LogP contribution in [0.1, 0.15) is 32.3 Å². The van der Waals surface area contributed by atoms with Crippen molar-refractivity contribution >= 4 is 51.5 Å². The normalized spacial score (nSPS) is 14.4. The third kappa shape index (κ3) is 5.57. The van der Waals surface area contributed by atoms with E-state index in [0.29, 0.717) is 51.1 Å². The second-order valence-electron chi connectivity index (χ2n) is 8.28. The summed E-state index contributed by atoms with van der Waals surface area (Å²) < 4.78 is 1.71. The maximum Gasteiger partial charge on any atom is 0.266 e. The van der Waals surface area contributed by atoms with Gasteiger partial charge in [0, 0.05) is 26.2 Å². The summed E-state index contributed by atoms with van der Waals surface area (Å²) in [4.78, 5) is 34.5. The first-order valence-corrected chi connectivity index (χ1v) is 12.4. The van der Waals surface area contributed by atoms with Crippen LogP contribution in [0.3, 0.4) is 0 Å². The van der Waals surface area contributed by atoms with E-state index in [1.807, 2.05) is 24.9 Å². The van der Waals surface area contributed by atoms with Crippen LogP contribution in [0.15, 0.2) is 18.2 Å². The molecule has 4 rings (SSSR count). The van der Waals surface area contributed by atoms with E-state index in [0.717, 1.165) is 24.3 Å². The lowest BCUT2D eigenvalue weighted by molar-refractivity contribution is -0.115. The second-order valence-corrected chi connectivity index (χ2v) is 10.1. The number of carbonyl (C=O) groups is 2. The van der Waals surface area contributed by atoms with Crippen molar-refractivity contribution in [1.29, 1.82) is 0 Å². The number of aryl methyl sites for hydroxylation is 1. The van der Waals surface area contributed by atoms with E-state index in [-0.39, 0.29) is 18.2 Å². The first-order valence-electron chi connectivity index (χ1n) is 10.8. The zero-order valence-electron chi connectivity index (χ0n) is 19.1. The summed E-state index contributed by atoms with van der Waals surface area (Å²) in [6.45, 7) is 7.17. The number of carbonyl (C=O) groups excluding carboxylic acids is 2. The molecule has 0 aliphatic carbocycles. The molecule has 0 atom stereocenters. The molecule has 1 saturated heterocycles. The van der Waals surface area contributed by atoms with Gasteiger partial charge in [-0.1, -0.05) is 45.8 Å². The Morgan fingerprint density at radius 3 is 2.56 bits per heavy atom. The molecule has 180 valence electrons. The lowest BCUT2D eigenvalue weighted by Crippen LogP contribution is -2.47. The Balaban J connectivity index is 1.38. The van der Waals surface area contributed by atoms with Crippen LogP contribution < -0.4 is 5.32 Å². The molecule has 0 spiro atoms. The molecule has 1 aliphatic heterocycles. The van der Waals surface area contributed by atoms with E-state index in [1.165, 1.54) is 11.3 Å². The zero-order chi connectivity index (χ0) is 24.4. The van der Waals surface area contributed by atoms with Gasteiger partial charge in [0.2, 0.25) is 5.91 Å². The van der Waals surface area contributed by atoms with Crippen molar-refractivity contribution in [2.45, 2.75) is 26.8 Å². The summed E-state index contributed by atoms with van der Waals surface area (Å²) >= 11 is 13.3. The van der Waals surface area contributed by atoms with Crippen molar-refractivity contribution in [3.8, 4) is 0 Å². The number of piperazine rings is 1. The Hall–Kier alpha value is -2.53. The molecule has 12 heteroatoms. The molecule has 0 saturated carbocycles. The number of rotatable bonds is 6. The number of thiazole rings is 1. The van der Waals surface area contributed by atoms with E-state index in [9.17, 15) is 9.59 Å². The summed E-state index contributed by atoms with van der Waals surface area (Å²) in [5, 5.41) is 12.5. The maximum absolute atomic E-state index is 12.9. The monoisotopic (exact) mass is 521 g/mol. The molecular formula is C22H25Cl2N7O2S. The van der Waals surface area contributed by atoms with Crippen LogP contribution in [0, 0.1) is 13.8 Å². The molecule has 1 fully saturated rings. The number of benzene rings is 1. The van der Waals surface area contributed by atoms with E-state index in [4.69, 9.17) is 23.2 Å². The van der Waals surface area contributed by atoms with Gasteiger partial charge in [0.1, 0.15) is 4.88 Å². The minimum absolute atomic E-state index is 0.0373. The molecule has 1 aliphatic rings. The lowest BCUT2D eigenvalue weighted by Gasteiger charge is -2.32. The highest BCUT2D eigenvalue weighted by Crippen LogP contribution is 2.25. The Kier molecular flexibility index (Phi) is 7.51. The summed E-state index contributed by atoms with van der Waals surface area (Å²) in [6, 6.07) is 5.38. The Bertz CT molecular complexity index is 1220. The molecule has 2 aromatic heterocycles. The smallest absolute Gasteiger partial charge is 0.266 e. The average Bonchev–Trinajstić information content (AvgIpc) is 3.33. The van der Waals surface area contributed by atoms with Crippen LogP contribution >= 0.6 is 34.5 Å². The molecule has 0 unspecified atom stereocenters. The van der Waals surface area contributed by atoms with Gasteiger partial charge in [-0.25, -0.2) is 9.67 Å². The highest BCUT2D eigenvalue weighted by molar-refractivity contribution is 7.17. The van der Waals surface area contributed by atoms with Gasteiger partial charge in [-0.05, 0) is 38.6 Å². The fourth-order valence-electron chi connectivity index (χ4n) is 3.64. The number of halogens is 2. The van der Waals surface area contributed by atoms with E-state index in [2.05, 4.69) is 25.5 Å². The molecule has 1 N–H and O–H groups in total. The predicted octanol–water partition coefficient (Wildman–Crippen LogP) is 3.28. The van der Waals surface area contributed by atoms with Crippen molar-refractivity contribution in [3.05, 3.63) is 55.8 Å². The van der Waals surface area contributed by atoms with Crippen molar-refractivity contribution in [2.24, 2.45) is 0 Å². The molecule has 0 bridgehead atoms. The van der Waals surface area contributed by atoms with Crippen molar-refractivity contribution in [3.63, 3.8) is 0 Å². The van der Waals surface area contributed by atoms with Crippen molar-refractivity contribution in [2.75, 3.05) is 38.5 Å². The minimum atomic E-state index is -0.267. The molecule has 3 aromatic rings. The van der Waals surface area contributed by atoms with Gasteiger partial charge in [-0.15, -0.1) is 5.10 Å². The number of aromatic nitrogens is 4. The number of anilines is 1. The van der Waals surface area contributed by atoms with Crippen LogP contribution in [-0.4, -0.2) is 74.8 Å². The third-order valence-electron chi connectivity index (χ3n) is 5.75. The van der Waals surface area contributed by atoms with Gasteiger partial charge < -0.3 is 15.1 Å². The van der Waals surface area contributed by atoms with Crippen LogP contribution in [0.25, 0.3) is 0 Å². The quantitative estimate of drug-likeness (QED) is 0.534. The average molecular weight is 522 g/mol. The van der Waals surface area contributed by atoms with Crippen LogP contribution in [0.4, 0.5) is 5.13 Å². The molecule has 1 aromatic carbocycles. The summed E-state index contributed by atoms with van der Waals surface area (Å²) in [6.07, 6.45) is 0.0492. The first kappa shape index (κ1) is 24.6. The molecule has 9 nitrogen and oxygen atoms in total. The number of hydrogen-bond acceptors (Lipinski definition) is 7. The number of nitrogens with zero attached hydrogens (tertiary/aromatic N) is 6. The van der Waals surface area contributed by atoms with Gasteiger partial charge in [0.05, 0.1) is 40.1 Å². The Morgan fingerprint density at radius 1 is 1.12 bits per heavy atom. The largest absolute Gasteiger partial charge is 0.335 e. The zero-order valence-corrected chi connectivity index (χ0v) is 21.5. The highest BCUT2D eigenvalue weighted by Gasteiger charge is 2.25. The van der Waals surface area contributed by atoms with Crippen LogP contribution in [-0.2, 0) is 17.8 Å². The van der Waals surface area contributed by atoms with Gasteiger partial charge in [0.25, 0.3) is 5.91 Å². The number of likely N-dealkylation sites (N-methyl/N-ethyl adjacent to an activating group) is 1. The number of hydrogen-bond donors (Lipinski definition) is 1. The van der Waals surface area contributed by atoms with Crippen LogP contribution in [0.2, 0.25) is 10.0 Å². The lowest BCUT2D eigenvalue weighted by atomic mass is 10.2. The van der Waals surface area contributed by atoms with Gasteiger partial charge in [-0.3, -0.25) is 9.59 Å². The first-order chi connectivity index (χ1) is 16.2.